The Balaban J connectivity index is 1.91. The number of fused-ring (bicyclic) bond motifs is 1. The summed E-state index contributed by atoms with van der Waals surface area (Å²) in [5.41, 5.74) is 3.07. The van der Waals surface area contributed by atoms with E-state index in [2.05, 4.69) is 6.07 Å². The van der Waals surface area contributed by atoms with E-state index in [4.69, 9.17) is 0 Å². The normalized spacial score (nSPS) is 16.2. The third-order valence-electron chi connectivity index (χ3n) is 3.95. The molecule has 108 valence electrons. The number of nitrogens with zero attached hydrogens (tertiary/aromatic N) is 1. The van der Waals surface area contributed by atoms with E-state index >= 15 is 0 Å². The zero-order valence-corrected chi connectivity index (χ0v) is 11.6. The fourth-order valence-corrected chi connectivity index (χ4v) is 2.94. The van der Waals surface area contributed by atoms with Crippen LogP contribution in [0.5, 0.6) is 5.75 Å². The fraction of sp³-hybridized carbons (Fsp3) is 0.235. The van der Waals surface area contributed by atoms with Gasteiger partial charge in [0.1, 0.15) is 11.8 Å². The number of rotatable bonds is 3. The van der Waals surface area contributed by atoms with Crippen molar-refractivity contribution in [2.75, 3.05) is 6.54 Å². The Bertz CT molecular complexity index is 669. The van der Waals surface area contributed by atoms with Gasteiger partial charge >= 0.3 is 5.97 Å². The maximum absolute atomic E-state index is 11.7. The Morgan fingerprint density at radius 1 is 1.10 bits per heavy atom. The van der Waals surface area contributed by atoms with Crippen molar-refractivity contribution in [2.45, 2.75) is 19.0 Å². The molecule has 2 N–H and O–H groups in total. The van der Waals surface area contributed by atoms with Crippen LogP contribution < -0.4 is 0 Å². The molecule has 0 fully saturated rings. The monoisotopic (exact) mass is 283 g/mol. The largest absolute Gasteiger partial charge is 0.508 e. The van der Waals surface area contributed by atoms with Crippen LogP contribution in [0.2, 0.25) is 0 Å². The fourth-order valence-electron chi connectivity index (χ4n) is 2.94. The Morgan fingerprint density at radius 3 is 2.57 bits per heavy atom. The van der Waals surface area contributed by atoms with Gasteiger partial charge in [0, 0.05) is 13.1 Å². The van der Waals surface area contributed by atoms with Gasteiger partial charge in [0.2, 0.25) is 0 Å². The highest BCUT2D eigenvalue weighted by atomic mass is 16.4. The molecule has 0 amide bonds. The van der Waals surface area contributed by atoms with Gasteiger partial charge in [-0.25, -0.2) is 0 Å². The molecule has 3 rings (SSSR count). The molecule has 0 spiro atoms. The van der Waals surface area contributed by atoms with E-state index in [1.807, 2.05) is 23.1 Å². The van der Waals surface area contributed by atoms with Gasteiger partial charge in [-0.05, 0) is 35.2 Å². The van der Waals surface area contributed by atoms with Gasteiger partial charge in [0.25, 0.3) is 0 Å². The molecule has 1 heterocycles. The van der Waals surface area contributed by atoms with Crippen molar-refractivity contribution >= 4 is 5.97 Å². The summed E-state index contributed by atoms with van der Waals surface area (Å²) >= 11 is 0. The molecule has 0 aromatic heterocycles. The molecule has 0 bridgehead atoms. The van der Waals surface area contributed by atoms with E-state index in [1.54, 1.807) is 18.2 Å². The lowest BCUT2D eigenvalue weighted by atomic mass is 9.96. The van der Waals surface area contributed by atoms with Crippen molar-refractivity contribution in [3.8, 4) is 5.75 Å². The Hall–Kier alpha value is -2.33. The number of benzene rings is 2. The zero-order chi connectivity index (χ0) is 14.8. The molecule has 0 aliphatic carbocycles. The molecule has 21 heavy (non-hydrogen) atoms. The minimum atomic E-state index is -0.889. The molecule has 0 saturated carbocycles. The summed E-state index contributed by atoms with van der Waals surface area (Å²) in [6.45, 7) is 1.31. The molecule has 4 heteroatoms. The van der Waals surface area contributed by atoms with Gasteiger partial charge in [-0.3, -0.25) is 9.69 Å². The Morgan fingerprint density at radius 2 is 1.86 bits per heavy atom. The number of carboxylic acid groups (broad SMARTS) is 1. The quantitative estimate of drug-likeness (QED) is 0.909. The van der Waals surface area contributed by atoms with E-state index in [1.165, 1.54) is 17.2 Å². The van der Waals surface area contributed by atoms with E-state index in [9.17, 15) is 15.0 Å². The smallest absolute Gasteiger partial charge is 0.325 e. The van der Waals surface area contributed by atoms with E-state index < -0.39 is 12.0 Å². The summed E-state index contributed by atoms with van der Waals surface area (Å²) in [4.78, 5) is 13.6. The summed E-state index contributed by atoms with van der Waals surface area (Å²) in [6.07, 6.45) is 0.846. The minimum absolute atomic E-state index is 0.0937. The molecule has 0 saturated heterocycles. The summed E-state index contributed by atoms with van der Waals surface area (Å²) < 4.78 is 0. The summed E-state index contributed by atoms with van der Waals surface area (Å²) in [6, 6.07) is 13.9. The van der Waals surface area contributed by atoms with E-state index in [0.717, 1.165) is 6.42 Å². The highest BCUT2D eigenvalue weighted by Crippen LogP contribution is 2.29. The number of aromatic hydroxyl groups is 1. The molecular formula is C17H17NO3. The predicted molar refractivity (Wildman–Crippen MR) is 79.0 cm³/mol. The molecule has 2 aromatic rings. The highest BCUT2D eigenvalue weighted by molar-refractivity contribution is 5.75. The lowest BCUT2D eigenvalue weighted by Crippen LogP contribution is -2.38. The van der Waals surface area contributed by atoms with Crippen LogP contribution in [0.15, 0.2) is 48.5 Å². The molecule has 2 aromatic carbocycles. The maximum atomic E-state index is 11.7. The first-order valence-corrected chi connectivity index (χ1v) is 6.98. The topological polar surface area (TPSA) is 60.8 Å². The third kappa shape index (κ3) is 2.76. The van der Waals surface area contributed by atoms with Gasteiger partial charge < -0.3 is 10.2 Å². The molecule has 1 atom stereocenters. The SMILES string of the molecule is O=C(O)C(c1cccc(O)c1)N1CCc2ccccc2C1. The molecule has 1 unspecified atom stereocenters. The van der Waals surface area contributed by atoms with Crippen LogP contribution in [-0.4, -0.2) is 27.6 Å². The second kappa shape index (κ2) is 5.58. The van der Waals surface area contributed by atoms with Crippen molar-refractivity contribution in [3.05, 3.63) is 65.2 Å². The molecule has 0 radical (unpaired) electrons. The average Bonchev–Trinajstić information content (AvgIpc) is 2.47. The van der Waals surface area contributed by atoms with Crippen LogP contribution in [0.3, 0.4) is 0 Å². The van der Waals surface area contributed by atoms with Crippen molar-refractivity contribution in [1.29, 1.82) is 0 Å². The van der Waals surface area contributed by atoms with Crippen molar-refractivity contribution in [1.82, 2.24) is 4.90 Å². The van der Waals surface area contributed by atoms with Crippen LogP contribution in [0, 0.1) is 0 Å². The second-order valence-electron chi connectivity index (χ2n) is 5.32. The van der Waals surface area contributed by atoms with Crippen LogP contribution in [0.25, 0.3) is 0 Å². The number of phenolic OH excluding ortho intramolecular Hbond substituents is 1. The number of hydrogen-bond donors (Lipinski definition) is 2. The van der Waals surface area contributed by atoms with Gasteiger partial charge in [-0.15, -0.1) is 0 Å². The lowest BCUT2D eigenvalue weighted by Gasteiger charge is -2.33. The van der Waals surface area contributed by atoms with Gasteiger partial charge in [0.15, 0.2) is 0 Å². The van der Waals surface area contributed by atoms with Crippen molar-refractivity contribution in [2.24, 2.45) is 0 Å². The number of carboxylic acids is 1. The molecular weight excluding hydrogens is 266 g/mol. The highest BCUT2D eigenvalue weighted by Gasteiger charge is 2.30. The molecule has 1 aliphatic heterocycles. The molecule has 1 aliphatic rings. The first-order chi connectivity index (χ1) is 10.1. The van der Waals surface area contributed by atoms with Crippen LogP contribution in [0.4, 0.5) is 0 Å². The predicted octanol–water partition coefficient (Wildman–Crippen LogP) is 2.58. The number of phenols is 1. The van der Waals surface area contributed by atoms with Crippen molar-refractivity contribution in [3.63, 3.8) is 0 Å². The standard InChI is InChI=1S/C17H17NO3/c19-15-7-3-6-13(10-15)16(17(20)21)18-9-8-12-4-1-2-5-14(12)11-18/h1-7,10,16,19H,8-9,11H2,(H,20,21). The zero-order valence-electron chi connectivity index (χ0n) is 11.6. The lowest BCUT2D eigenvalue weighted by molar-refractivity contribution is -0.144. The van der Waals surface area contributed by atoms with Gasteiger partial charge in [-0.1, -0.05) is 36.4 Å². The number of carbonyl (C=O) groups is 1. The van der Waals surface area contributed by atoms with E-state index in [-0.39, 0.29) is 5.75 Å². The van der Waals surface area contributed by atoms with Crippen molar-refractivity contribution < 1.29 is 15.0 Å². The third-order valence-corrected chi connectivity index (χ3v) is 3.95. The summed E-state index contributed by atoms with van der Waals surface area (Å²) in [5.74, 6) is -0.795. The van der Waals surface area contributed by atoms with Gasteiger partial charge in [0.05, 0.1) is 0 Å². The number of aliphatic carboxylic acids is 1. The van der Waals surface area contributed by atoms with Crippen LogP contribution in [-0.2, 0) is 17.8 Å². The first-order valence-electron chi connectivity index (χ1n) is 6.98. The number of hydrogen-bond acceptors (Lipinski definition) is 3. The second-order valence-corrected chi connectivity index (χ2v) is 5.32. The first kappa shape index (κ1) is 13.6. The van der Waals surface area contributed by atoms with Crippen LogP contribution >= 0.6 is 0 Å². The maximum Gasteiger partial charge on any atom is 0.325 e. The van der Waals surface area contributed by atoms with E-state index in [0.29, 0.717) is 18.7 Å². The summed E-state index contributed by atoms with van der Waals surface area (Å²) in [5, 5.41) is 19.2. The Kier molecular flexibility index (Phi) is 3.62. The summed E-state index contributed by atoms with van der Waals surface area (Å²) in [7, 11) is 0. The Labute approximate surface area is 123 Å². The van der Waals surface area contributed by atoms with Crippen LogP contribution in [0.1, 0.15) is 22.7 Å². The molecule has 4 nitrogen and oxygen atoms in total. The van der Waals surface area contributed by atoms with Gasteiger partial charge in [-0.2, -0.15) is 0 Å². The minimum Gasteiger partial charge on any atom is -0.508 e. The average molecular weight is 283 g/mol.